The van der Waals surface area contributed by atoms with Crippen LogP contribution in [0.2, 0.25) is 0 Å². The summed E-state index contributed by atoms with van der Waals surface area (Å²) in [6.45, 7) is 0.778. The van der Waals surface area contributed by atoms with E-state index in [9.17, 15) is 4.39 Å². The van der Waals surface area contributed by atoms with Crippen molar-refractivity contribution in [1.82, 2.24) is 4.98 Å². The maximum absolute atomic E-state index is 13.7. The van der Waals surface area contributed by atoms with Gasteiger partial charge in [0.2, 0.25) is 0 Å². The van der Waals surface area contributed by atoms with Crippen LogP contribution in [-0.4, -0.2) is 11.6 Å². The van der Waals surface area contributed by atoms with Crippen molar-refractivity contribution in [2.75, 3.05) is 6.61 Å². The highest BCUT2D eigenvalue weighted by molar-refractivity contribution is 5.64. The van der Waals surface area contributed by atoms with Gasteiger partial charge in [-0.15, -0.1) is 0 Å². The minimum Gasteiger partial charge on any atom is -0.373 e. The molecule has 0 N–H and O–H groups in total. The summed E-state index contributed by atoms with van der Waals surface area (Å²) in [5, 5.41) is 8.75. The van der Waals surface area contributed by atoms with E-state index in [2.05, 4.69) is 4.98 Å². The number of hydrogen-bond donors (Lipinski definition) is 0. The van der Waals surface area contributed by atoms with Crippen molar-refractivity contribution in [3.8, 4) is 17.2 Å². The molecule has 1 atom stereocenters. The number of rotatable bonds is 2. The zero-order valence-corrected chi connectivity index (χ0v) is 10.8. The van der Waals surface area contributed by atoms with Crippen molar-refractivity contribution in [2.24, 2.45) is 0 Å². The molecule has 2 aromatic rings. The van der Waals surface area contributed by atoms with Crippen LogP contribution in [0.25, 0.3) is 11.1 Å². The van der Waals surface area contributed by atoms with Gasteiger partial charge in [0, 0.05) is 24.6 Å². The number of ether oxygens (including phenoxy) is 1. The minimum atomic E-state index is -0.507. The van der Waals surface area contributed by atoms with Crippen molar-refractivity contribution >= 4 is 0 Å². The number of hydrogen-bond acceptors (Lipinski definition) is 3. The van der Waals surface area contributed by atoms with E-state index in [1.165, 1.54) is 12.1 Å². The molecule has 2 heterocycles. The third-order valence-corrected chi connectivity index (χ3v) is 3.48. The first-order valence-corrected chi connectivity index (χ1v) is 6.54. The van der Waals surface area contributed by atoms with Crippen LogP contribution in [-0.2, 0) is 4.74 Å². The summed E-state index contributed by atoms with van der Waals surface area (Å²) >= 11 is 0. The van der Waals surface area contributed by atoms with E-state index in [0.29, 0.717) is 5.56 Å². The van der Waals surface area contributed by atoms with Gasteiger partial charge in [0.1, 0.15) is 11.9 Å². The second-order valence-corrected chi connectivity index (χ2v) is 4.82. The zero-order chi connectivity index (χ0) is 13.9. The van der Waals surface area contributed by atoms with Crippen LogP contribution >= 0.6 is 0 Å². The quantitative estimate of drug-likeness (QED) is 0.835. The van der Waals surface area contributed by atoms with Gasteiger partial charge in [-0.25, -0.2) is 4.39 Å². The molecule has 0 bridgehead atoms. The monoisotopic (exact) mass is 268 g/mol. The van der Waals surface area contributed by atoms with E-state index in [1.54, 1.807) is 18.5 Å². The van der Waals surface area contributed by atoms with E-state index in [0.717, 1.165) is 30.6 Å². The van der Waals surface area contributed by atoms with E-state index in [-0.39, 0.29) is 11.7 Å². The molecule has 3 nitrogen and oxygen atoms in total. The van der Waals surface area contributed by atoms with Gasteiger partial charge >= 0.3 is 0 Å². The number of pyridine rings is 1. The lowest BCUT2D eigenvalue weighted by atomic mass is 10.0. The fourth-order valence-corrected chi connectivity index (χ4v) is 2.42. The van der Waals surface area contributed by atoms with Gasteiger partial charge in [-0.1, -0.05) is 6.07 Å². The molecule has 0 radical (unpaired) electrons. The lowest BCUT2D eigenvalue weighted by molar-refractivity contribution is 0.111. The largest absolute Gasteiger partial charge is 0.373 e. The lowest BCUT2D eigenvalue weighted by Crippen LogP contribution is -1.97. The molecule has 1 aromatic heterocycles. The Hall–Kier alpha value is -2.25. The van der Waals surface area contributed by atoms with Crippen LogP contribution in [0, 0.1) is 17.1 Å². The zero-order valence-electron chi connectivity index (χ0n) is 10.8. The Morgan fingerprint density at radius 2 is 2.15 bits per heavy atom. The summed E-state index contributed by atoms with van der Waals surface area (Å²) in [4.78, 5) is 4.21. The van der Waals surface area contributed by atoms with Crippen LogP contribution in [0.3, 0.4) is 0 Å². The normalized spacial score (nSPS) is 17.9. The highest BCUT2D eigenvalue weighted by Crippen LogP contribution is 2.30. The Bertz CT molecular complexity index is 672. The fourth-order valence-electron chi connectivity index (χ4n) is 2.42. The lowest BCUT2D eigenvalue weighted by Gasteiger charge is -2.11. The Morgan fingerprint density at radius 3 is 2.85 bits per heavy atom. The molecule has 4 heteroatoms. The van der Waals surface area contributed by atoms with Gasteiger partial charge in [-0.2, -0.15) is 5.26 Å². The van der Waals surface area contributed by atoms with Crippen molar-refractivity contribution in [3.63, 3.8) is 0 Å². The van der Waals surface area contributed by atoms with E-state index in [1.807, 2.05) is 12.1 Å². The molecule has 1 fully saturated rings. The van der Waals surface area contributed by atoms with E-state index in [4.69, 9.17) is 10.00 Å². The third kappa shape index (κ3) is 2.40. The van der Waals surface area contributed by atoms with Crippen molar-refractivity contribution < 1.29 is 9.13 Å². The number of halogens is 1. The second-order valence-electron chi connectivity index (χ2n) is 4.82. The predicted octanol–water partition coefficient (Wildman–Crippen LogP) is 3.61. The smallest absolute Gasteiger partial charge is 0.141 e. The molecule has 1 aromatic carbocycles. The average molecular weight is 268 g/mol. The molecular formula is C16H13FN2O. The first-order chi connectivity index (χ1) is 9.78. The summed E-state index contributed by atoms with van der Waals surface area (Å²) in [5.41, 5.74) is 2.62. The summed E-state index contributed by atoms with van der Waals surface area (Å²) in [5.74, 6) is -0.507. The first-order valence-electron chi connectivity index (χ1n) is 6.54. The van der Waals surface area contributed by atoms with Crippen molar-refractivity contribution in [1.29, 1.82) is 5.26 Å². The maximum atomic E-state index is 13.7. The predicted molar refractivity (Wildman–Crippen MR) is 72.3 cm³/mol. The van der Waals surface area contributed by atoms with Crippen molar-refractivity contribution in [2.45, 2.75) is 18.9 Å². The Balaban J connectivity index is 1.96. The van der Waals surface area contributed by atoms with Crippen LogP contribution in [0.4, 0.5) is 4.39 Å². The number of benzene rings is 1. The summed E-state index contributed by atoms with van der Waals surface area (Å²) in [6.07, 6.45) is 5.62. The molecule has 1 aliphatic heterocycles. The van der Waals surface area contributed by atoms with Crippen LogP contribution in [0.15, 0.2) is 36.7 Å². The molecule has 3 rings (SSSR count). The Kier molecular flexibility index (Phi) is 3.44. The molecular weight excluding hydrogens is 255 g/mol. The molecule has 0 saturated carbocycles. The van der Waals surface area contributed by atoms with Gasteiger partial charge < -0.3 is 4.74 Å². The van der Waals surface area contributed by atoms with Gasteiger partial charge in [-0.05, 0) is 42.2 Å². The van der Waals surface area contributed by atoms with Crippen molar-refractivity contribution in [3.05, 3.63) is 53.6 Å². The Labute approximate surface area is 116 Å². The highest BCUT2D eigenvalue weighted by atomic mass is 19.1. The highest BCUT2D eigenvalue weighted by Gasteiger charge is 2.18. The van der Waals surface area contributed by atoms with Gasteiger partial charge in [0.05, 0.1) is 11.7 Å². The van der Waals surface area contributed by atoms with Gasteiger partial charge in [0.15, 0.2) is 0 Å². The standard InChI is InChI=1S/C16H13FN2O/c17-15-7-11(3-4-12(15)8-18)13-6-14(10-19-9-13)16-2-1-5-20-16/h3-4,6-7,9-10,16H,1-2,5H2. The third-order valence-electron chi connectivity index (χ3n) is 3.48. The van der Waals surface area contributed by atoms with Crippen LogP contribution in [0.5, 0.6) is 0 Å². The van der Waals surface area contributed by atoms with Crippen LogP contribution in [0.1, 0.15) is 30.1 Å². The topological polar surface area (TPSA) is 45.9 Å². The summed E-state index contributed by atoms with van der Waals surface area (Å²) < 4.78 is 19.3. The molecule has 20 heavy (non-hydrogen) atoms. The fraction of sp³-hybridized carbons (Fsp3) is 0.250. The molecule has 0 amide bonds. The van der Waals surface area contributed by atoms with Gasteiger partial charge in [0.25, 0.3) is 0 Å². The number of nitrogens with zero attached hydrogens (tertiary/aromatic N) is 2. The average Bonchev–Trinajstić information content (AvgIpc) is 3.01. The second kappa shape index (κ2) is 5.40. The van der Waals surface area contributed by atoms with Crippen LogP contribution < -0.4 is 0 Å². The summed E-state index contributed by atoms with van der Waals surface area (Å²) in [6, 6.07) is 8.39. The molecule has 100 valence electrons. The van der Waals surface area contributed by atoms with E-state index < -0.39 is 5.82 Å². The number of nitriles is 1. The SMILES string of the molecule is N#Cc1ccc(-c2cncc(C3CCCO3)c2)cc1F. The first kappa shape index (κ1) is 12.8. The summed E-state index contributed by atoms with van der Waals surface area (Å²) in [7, 11) is 0. The van der Waals surface area contributed by atoms with E-state index >= 15 is 0 Å². The molecule has 0 spiro atoms. The maximum Gasteiger partial charge on any atom is 0.141 e. The molecule has 1 saturated heterocycles. The molecule has 1 aliphatic rings. The minimum absolute atomic E-state index is 0.0528. The number of aromatic nitrogens is 1. The van der Waals surface area contributed by atoms with Gasteiger partial charge in [-0.3, -0.25) is 4.98 Å². The molecule has 0 aliphatic carbocycles. The Morgan fingerprint density at radius 1 is 1.25 bits per heavy atom. The molecule has 1 unspecified atom stereocenters.